The van der Waals surface area contributed by atoms with Crippen LogP contribution in [0.2, 0.25) is 0 Å². The predicted molar refractivity (Wildman–Crippen MR) is 69.8 cm³/mol. The van der Waals surface area contributed by atoms with Gasteiger partial charge in [0.05, 0.1) is 6.10 Å². The molecule has 1 unspecified atom stereocenters. The summed E-state index contributed by atoms with van der Waals surface area (Å²) in [5.74, 6) is 0.658. The van der Waals surface area contributed by atoms with Crippen molar-refractivity contribution in [2.45, 2.75) is 33.3 Å². The minimum Gasteiger partial charge on any atom is -0.388 e. The van der Waals surface area contributed by atoms with Crippen LogP contribution in [-0.2, 0) is 0 Å². The Morgan fingerprint density at radius 1 is 1.19 bits per heavy atom. The summed E-state index contributed by atoms with van der Waals surface area (Å²) in [5, 5.41) is 9.69. The van der Waals surface area contributed by atoms with Crippen molar-refractivity contribution < 1.29 is 5.11 Å². The van der Waals surface area contributed by atoms with Gasteiger partial charge in [0, 0.05) is 19.3 Å². The number of benzene rings is 1. The summed E-state index contributed by atoms with van der Waals surface area (Å²) in [6, 6.07) is 8.19. The molecule has 1 N–H and O–H groups in total. The minimum atomic E-state index is -0.329. The lowest BCUT2D eigenvalue weighted by molar-refractivity contribution is 0.173. The molecule has 0 aliphatic carbocycles. The van der Waals surface area contributed by atoms with Crippen LogP contribution in [0.3, 0.4) is 0 Å². The first kappa shape index (κ1) is 13.0. The average Bonchev–Trinajstić information content (AvgIpc) is 2.27. The number of rotatable bonds is 5. The SMILES string of the molecule is CCC(O)c1ccc(N(C)CC(C)C)cc1. The number of hydrogen-bond donors (Lipinski definition) is 1. The van der Waals surface area contributed by atoms with Crippen LogP contribution in [0.1, 0.15) is 38.9 Å². The number of aliphatic hydroxyl groups is 1. The van der Waals surface area contributed by atoms with Crippen LogP contribution in [0.25, 0.3) is 0 Å². The summed E-state index contributed by atoms with van der Waals surface area (Å²) < 4.78 is 0. The van der Waals surface area contributed by atoms with Crippen molar-refractivity contribution in [2.75, 3.05) is 18.5 Å². The molecule has 2 nitrogen and oxygen atoms in total. The third kappa shape index (κ3) is 3.53. The van der Waals surface area contributed by atoms with Gasteiger partial charge in [-0.15, -0.1) is 0 Å². The Labute approximate surface area is 98.9 Å². The largest absolute Gasteiger partial charge is 0.388 e. The topological polar surface area (TPSA) is 23.5 Å². The first-order valence-corrected chi connectivity index (χ1v) is 6.03. The van der Waals surface area contributed by atoms with Crippen LogP contribution in [0, 0.1) is 5.92 Å². The maximum Gasteiger partial charge on any atom is 0.0787 e. The van der Waals surface area contributed by atoms with Gasteiger partial charge in [-0.1, -0.05) is 32.9 Å². The first-order valence-electron chi connectivity index (χ1n) is 6.03. The van der Waals surface area contributed by atoms with Gasteiger partial charge in [-0.25, -0.2) is 0 Å². The van der Waals surface area contributed by atoms with Crippen molar-refractivity contribution in [2.24, 2.45) is 5.92 Å². The highest BCUT2D eigenvalue weighted by Gasteiger charge is 2.06. The molecule has 0 aromatic heterocycles. The third-order valence-electron chi connectivity index (χ3n) is 2.74. The standard InChI is InChI=1S/C14H23NO/c1-5-14(16)12-6-8-13(9-7-12)15(4)10-11(2)3/h6-9,11,14,16H,5,10H2,1-4H3. The van der Waals surface area contributed by atoms with Crippen LogP contribution in [0.5, 0.6) is 0 Å². The Morgan fingerprint density at radius 2 is 1.75 bits per heavy atom. The van der Waals surface area contributed by atoms with E-state index in [1.54, 1.807) is 0 Å². The van der Waals surface area contributed by atoms with Gasteiger partial charge in [0.25, 0.3) is 0 Å². The second-order valence-corrected chi connectivity index (χ2v) is 4.79. The molecule has 1 rings (SSSR count). The fraction of sp³-hybridized carbons (Fsp3) is 0.571. The highest BCUT2D eigenvalue weighted by atomic mass is 16.3. The van der Waals surface area contributed by atoms with Gasteiger partial charge in [0.1, 0.15) is 0 Å². The zero-order valence-corrected chi connectivity index (χ0v) is 10.8. The van der Waals surface area contributed by atoms with Gasteiger partial charge in [0.2, 0.25) is 0 Å². The number of nitrogens with zero attached hydrogens (tertiary/aromatic N) is 1. The van der Waals surface area contributed by atoms with Gasteiger partial charge >= 0.3 is 0 Å². The zero-order chi connectivity index (χ0) is 12.1. The van der Waals surface area contributed by atoms with E-state index in [0.29, 0.717) is 5.92 Å². The van der Waals surface area contributed by atoms with E-state index in [9.17, 15) is 5.11 Å². The maximum atomic E-state index is 9.69. The molecular weight excluding hydrogens is 198 g/mol. The summed E-state index contributed by atoms with van der Waals surface area (Å²) in [6.07, 6.45) is 0.436. The van der Waals surface area contributed by atoms with E-state index < -0.39 is 0 Å². The van der Waals surface area contributed by atoms with Crippen LogP contribution >= 0.6 is 0 Å². The second kappa shape index (κ2) is 5.90. The molecule has 1 aromatic carbocycles. The van der Waals surface area contributed by atoms with E-state index in [2.05, 4.69) is 37.9 Å². The zero-order valence-electron chi connectivity index (χ0n) is 10.8. The monoisotopic (exact) mass is 221 g/mol. The highest BCUT2D eigenvalue weighted by molar-refractivity contribution is 5.47. The minimum absolute atomic E-state index is 0.329. The van der Waals surface area contributed by atoms with Gasteiger partial charge < -0.3 is 10.0 Å². The van der Waals surface area contributed by atoms with Crippen molar-refractivity contribution >= 4 is 5.69 Å². The Balaban J connectivity index is 2.70. The van der Waals surface area contributed by atoms with Crippen LogP contribution < -0.4 is 4.90 Å². The molecule has 0 saturated heterocycles. The first-order chi connectivity index (χ1) is 7.54. The van der Waals surface area contributed by atoms with E-state index in [1.807, 2.05) is 19.1 Å². The molecule has 0 saturated carbocycles. The summed E-state index contributed by atoms with van der Waals surface area (Å²) in [7, 11) is 2.10. The van der Waals surface area contributed by atoms with E-state index in [4.69, 9.17) is 0 Å². The Kier molecular flexibility index (Phi) is 4.81. The molecule has 1 aromatic rings. The lowest BCUT2D eigenvalue weighted by Crippen LogP contribution is -2.22. The molecular formula is C14H23NO. The fourth-order valence-electron chi connectivity index (χ4n) is 1.84. The van der Waals surface area contributed by atoms with Gasteiger partial charge in [-0.05, 0) is 30.0 Å². The lowest BCUT2D eigenvalue weighted by atomic mass is 10.1. The molecule has 0 aliphatic rings. The van der Waals surface area contributed by atoms with Gasteiger partial charge in [0.15, 0.2) is 0 Å². The van der Waals surface area contributed by atoms with Gasteiger partial charge in [-0.3, -0.25) is 0 Å². The van der Waals surface area contributed by atoms with Crippen LogP contribution in [0.15, 0.2) is 24.3 Å². The van der Waals surface area contributed by atoms with Crippen molar-refractivity contribution in [3.8, 4) is 0 Å². The fourth-order valence-corrected chi connectivity index (χ4v) is 1.84. The van der Waals surface area contributed by atoms with Crippen LogP contribution in [-0.4, -0.2) is 18.7 Å². The third-order valence-corrected chi connectivity index (χ3v) is 2.74. The predicted octanol–water partition coefficient (Wildman–Crippen LogP) is 3.22. The Bertz CT molecular complexity index is 305. The molecule has 0 radical (unpaired) electrons. The number of anilines is 1. The van der Waals surface area contributed by atoms with Crippen molar-refractivity contribution in [1.29, 1.82) is 0 Å². The Morgan fingerprint density at radius 3 is 2.19 bits per heavy atom. The van der Waals surface area contributed by atoms with Crippen molar-refractivity contribution in [3.63, 3.8) is 0 Å². The molecule has 1 atom stereocenters. The van der Waals surface area contributed by atoms with E-state index in [0.717, 1.165) is 18.5 Å². The number of aliphatic hydroxyl groups excluding tert-OH is 1. The lowest BCUT2D eigenvalue weighted by Gasteiger charge is -2.22. The van der Waals surface area contributed by atoms with Crippen molar-refractivity contribution in [1.82, 2.24) is 0 Å². The maximum absolute atomic E-state index is 9.69. The number of hydrogen-bond acceptors (Lipinski definition) is 2. The average molecular weight is 221 g/mol. The van der Waals surface area contributed by atoms with Crippen LogP contribution in [0.4, 0.5) is 5.69 Å². The van der Waals surface area contributed by atoms with E-state index in [1.165, 1.54) is 5.69 Å². The van der Waals surface area contributed by atoms with E-state index >= 15 is 0 Å². The molecule has 16 heavy (non-hydrogen) atoms. The highest BCUT2D eigenvalue weighted by Crippen LogP contribution is 2.20. The molecule has 0 aliphatic heterocycles. The second-order valence-electron chi connectivity index (χ2n) is 4.79. The summed E-state index contributed by atoms with van der Waals surface area (Å²) in [6.45, 7) is 7.47. The van der Waals surface area contributed by atoms with Gasteiger partial charge in [-0.2, -0.15) is 0 Å². The molecule has 2 heteroatoms. The Hall–Kier alpha value is -1.02. The normalized spacial score (nSPS) is 12.9. The summed E-state index contributed by atoms with van der Waals surface area (Å²) in [5.41, 5.74) is 2.21. The molecule has 0 fully saturated rings. The van der Waals surface area contributed by atoms with Crippen molar-refractivity contribution in [3.05, 3.63) is 29.8 Å². The smallest absolute Gasteiger partial charge is 0.0787 e. The summed E-state index contributed by atoms with van der Waals surface area (Å²) >= 11 is 0. The van der Waals surface area contributed by atoms with E-state index in [-0.39, 0.29) is 6.10 Å². The molecule has 0 spiro atoms. The summed E-state index contributed by atoms with van der Waals surface area (Å²) in [4.78, 5) is 2.24. The molecule has 0 heterocycles. The molecule has 0 bridgehead atoms. The molecule has 0 amide bonds. The quantitative estimate of drug-likeness (QED) is 0.825. The molecule has 90 valence electrons.